The summed E-state index contributed by atoms with van der Waals surface area (Å²) >= 11 is 0. The van der Waals surface area contributed by atoms with Crippen molar-refractivity contribution >= 4 is 5.82 Å². The molecule has 2 rings (SSSR count). The standard InChI is InChI=1S/C6H11N5O/c7-1-5-6(8)11(10-9-5)4-2-12-3-4/h4H,1-3,7-8H2. The highest BCUT2D eigenvalue weighted by Gasteiger charge is 2.24. The van der Waals surface area contributed by atoms with Crippen molar-refractivity contribution in [2.75, 3.05) is 18.9 Å². The Labute approximate surface area is 69.5 Å². The minimum atomic E-state index is 0.248. The van der Waals surface area contributed by atoms with Gasteiger partial charge in [0.2, 0.25) is 0 Å². The summed E-state index contributed by atoms with van der Waals surface area (Å²) in [6.45, 7) is 1.66. The molecule has 12 heavy (non-hydrogen) atoms. The maximum absolute atomic E-state index is 5.73. The fourth-order valence-corrected chi connectivity index (χ4v) is 1.11. The molecule has 1 fully saturated rings. The minimum absolute atomic E-state index is 0.248. The molecule has 0 saturated carbocycles. The summed E-state index contributed by atoms with van der Waals surface area (Å²) in [6, 6.07) is 0.248. The molecule has 6 nitrogen and oxygen atoms in total. The summed E-state index contributed by atoms with van der Waals surface area (Å²) in [5.41, 5.74) is 11.8. The zero-order valence-electron chi connectivity index (χ0n) is 6.60. The predicted octanol–water partition coefficient (Wildman–Crippen LogP) is -1.11. The Hall–Kier alpha value is -1.14. The molecule has 0 spiro atoms. The minimum Gasteiger partial charge on any atom is -0.382 e. The molecular formula is C6H11N5O. The number of nitrogens with two attached hydrogens (primary N) is 2. The van der Waals surface area contributed by atoms with E-state index in [4.69, 9.17) is 16.2 Å². The summed E-state index contributed by atoms with van der Waals surface area (Å²) in [7, 11) is 0. The highest BCUT2D eigenvalue weighted by molar-refractivity contribution is 5.34. The maximum atomic E-state index is 5.73. The molecule has 1 aromatic rings. The Kier molecular flexibility index (Phi) is 1.70. The molecule has 1 aliphatic rings. The van der Waals surface area contributed by atoms with Gasteiger partial charge in [0, 0.05) is 6.54 Å². The highest BCUT2D eigenvalue weighted by atomic mass is 16.5. The number of hydrogen-bond donors (Lipinski definition) is 2. The quantitative estimate of drug-likeness (QED) is 0.585. The molecule has 66 valence electrons. The Morgan fingerprint density at radius 1 is 1.58 bits per heavy atom. The van der Waals surface area contributed by atoms with Crippen molar-refractivity contribution in [2.24, 2.45) is 5.73 Å². The molecule has 0 aromatic carbocycles. The first-order valence-corrected chi connectivity index (χ1v) is 3.80. The lowest BCUT2D eigenvalue weighted by Gasteiger charge is -2.26. The second-order valence-corrected chi connectivity index (χ2v) is 2.76. The molecule has 1 aromatic heterocycles. The van der Waals surface area contributed by atoms with Crippen molar-refractivity contribution in [1.82, 2.24) is 15.0 Å². The summed E-state index contributed by atoms with van der Waals surface area (Å²) in [6.07, 6.45) is 0. The second-order valence-electron chi connectivity index (χ2n) is 2.76. The van der Waals surface area contributed by atoms with Crippen LogP contribution in [0.15, 0.2) is 0 Å². The van der Waals surface area contributed by atoms with Gasteiger partial charge in [-0.1, -0.05) is 5.21 Å². The van der Waals surface area contributed by atoms with Crippen LogP contribution in [0.25, 0.3) is 0 Å². The fraction of sp³-hybridized carbons (Fsp3) is 0.667. The molecule has 0 aliphatic carbocycles. The molecular weight excluding hydrogens is 158 g/mol. The molecule has 1 aliphatic heterocycles. The molecule has 0 amide bonds. The molecule has 0 bridgehead atoms. The van der Waals surface area contributed by atoms with Crippen LogP contribution in [0.1, 0.15) is 11.7 Å². The normalized spacial score (nSPS) is 17.8. The van der Waals surface area contributed by atoms with E-state index < -0.39 is 0 Å². The zero-order valence-corrected chi connectivity index (χ0v) is 6.60. The summed E-state index contributed by atoms with van der Waals surface area (Å²) in [5.74, 6) is 0.561. The van der Waals surface area contributed by atoms with Crippen LogP contribution < -0.4 is 11.5 Å². The Bertz CT molecular complexity index is 279. The van der Waals surface area contributed by atoms with Gasteiger partial charge in [-0.25, -0.2) is 4.68 Å². The molecule has 0 radical (unpaired) electrons. The molecule has 0 atom stereocenters. The highest BCUT2D eigenvalue weighted by Crippen LogP contribution is 2.20. The van der Waals surface area contributed by atoms with Crippen molar-refractivity contribution in [3.8, 4) is 0 Å². The summed E-state index contributed by atoms with van der Waals surface area (Å²) in [4.78, 5) is 0. The third kappa shape index (κ3) is 0.961. The first-order chi connectivity index (χ1) is 5.83. The van der Waals surface area contributed by atoms with Gasteiger partial charge >= 0.3 is 0 Å². The van der Waals surface area contributed by atoms with E-state index in [0.717, 1.165) is 0 Å². The van der Waals surface area contributed by atoms with Gasteiger partial charge in [-0.05, 0) is 0 Å². The largest absolute Gasteiger partial charge is 0.382 e. The monoisotopic (exact) mass is 169 g/mol. The van der Waals surface area contributed by atoms with Gasteiger partial charge < -0.3 is 16.2 Å². The summed E-state index contributed by atoms with van der Waals surface area (Å²) < 4.78 is 6.68. The van der Waals surface area contributed by atoms with E-state index in [1.807, 2.05) is 0 Å². The van der Waals surface area contributed by atoms with Crippen LogP contribution >= 0.6 is 0 Å². The number of nitrogens with zero attached hydrogens (tertiary/aromatic N) is 3. The van der Waals surface area contributed by atoms with E-state index in [0.29, 0.717) is 31.3 Å². The fourth-order valence-electron chi connectivity index (χ4n) is 1.11. The topological polar surface area (TPSA) is 92.0 Å². The summed E-state index contributed by atoms with van der Waals surface area (Å²) in [5, 5.41) is 7.73. The first-order valence-electron chi connectivity index (χ1n) is 3.80. The average molecular weight is 169 g/mol. The van der Waals surface area contributed by atoms with Gasteiger partial charge in [0.05, 0.1) is 13.2 Å². The van der Waals surface area contributed by atoms with Gasteiger partial charge in [0.25, 0.3) is 0 Å². The SMILES string of the molecule is NCc1nnn(C2COC2)c1N. The number of ether oxygens (including phenoxy) is 1. The van der Waals surface area contributed by atoms with Gasteiger partial charge in [-0.15, -0.1) is 5.10 Å². The number of aromatic nitrogens is 3. The number of rotatable bonds is 2. The van der Waals surface area contributed by atoms with Crippen LogP contribution in [-0.4, -0.2) is 28.2 Å². The maximum Gasteiger partial charge on any atom is 0.147 e. The number of hydrogen-bond acceptors (Lipinski definition) is 5. The molecule has 1 saturated heterocycles. The zero-order chi connectivity index (χ0) is 8.55. The third-order valence-electron chi connectivity index (χ3n) is 1.96. The van der Waals surface area contributed by atoms with Crippen LogP contribution in [0.5, 0.6) is 0 Å². The van der Waals surface area contributed by atoms with E-state index in [1.54, 1.807) is 4.68 Å². The van der Waals surface area contributed by atoms with E-state index in [9.17, 15) is 0 Å². The molecule has 4 N–H and O–H groups in total. The van der Waals surface area contributed by atoms with Crippen LogP contribution in [-0.2, 0) is 11.3 Å². The van der Waals surface area contributed by atoms with E-state index in [2.05, 4.69) is 10.3 Å². The van der Waals surface area contributed by atoms with E-state index >= 15 is 0 Å². The lowest BCUT2D eigenvalue weighted by Crippen LogP contribution is -2.32. The van der Waals surface area contributed by atoms with Crippen LogP contribution in [0, 0.1) is 0 Å². The Balaban J connectivity index is 2.25. The van der Waals surface area contributed by atoms with Crippen LogP contribution in [0.2, 0.25) is 0 Å². The lowest BCUT2D eigenvalue weighted by molar-refractivity contribution is -0.0283. The van der Waals surface area contributed by atoms with Gasteiger partial charge in [0.1, 0.15) is 17.6 Å². The molecule has 0 unspecified atom stereocenters. The first kappa shape index (κ1) is 7.51. The molecule has 6 heteroatoms. The van der Waals surface area contributed by atoms with Crippen molar-refractivity contribution in [2.45, 2.75) is 12.6 Å². The van der Waals surface area contributed by atoms with Crippen LogP contribution in [0.3, 0.4) is 0 Å². The van der Waals surface area contributed by atoms with E-state index in [1.165, 1.54) is 0 Å². The van der Waals surface area contributed by atoms with Crippen molar-refractivity contribution in [1.29, 1.82) is 0 Å². The third-order valence-corrected chi connectivity index (χ3v) is 1.96. The van der Waals surface area contributed by atoms with Crippen molar-refractivity contribution < 1.29 is 4.74 Å². The van der Waals surface area contributed by atoms with Crippen molar-refractivity contribution in [3.05, 3.63) is 5.69 Å². The Morgan fingerprint density at radius 2 is 2.33 bits per heavy atom. The number of anilines is 1. The van der Waals surface area contributed by atoms with Gasteiger partial charge in [0.15, 0.2) is 0 Å². The van der Waals surface area contributed by atoms with Gasteiger partial charge in [-0.2, -0.15) is 0 Å². The average Bonchev–Trinajstić information content (AvgIpc) is 2.30. The smallest absolute Gasteiger partial charge is 0.147 e. The van der Waals surface area contributed by atoms with E-state index in [-0.39, 0.29) is 6.04 Å². The predicted molar refractivity (Wildman–Crippen MR) is 42.2 cm³/mol. The molecule has 2 heterocycles. The second kappa shape index (κ2) is 2.72. The van der Waals surface area contributed by atoms with Crippen molar-refractivity contribution in [3.63, 3.8) is 0 Å². The lowest BCUT2D eigenvalue weighted by atomic mass is 10.2. The van der Waals surface area contributed by atoms with Crippen LogP contribution in [0.4, 0.5) is 5.82 Å². The number of nitrogen functional groups attached to an aromatic ring is 1. The Morgan fingerprint density at radius 3 is 2.75 bits per heavy atom. The van der Waals surface area contributed by atoms with Gasteiger partial charge in [-0.3, -0.25) is 0 Å².